The summed E-state index contributed by atoms with van der Waals surface area (Å²) in [6.45, 7) is 0.270. The minimum Gasteiger partial charge on any atom is -0.478 e. The highest BCUT2D eigenvalue weighted by atomic mass is 16.4. The Bertz CT molecular complexity index is 620. The number of rotatable bonds is 5. The van der Waals surface area contributed by atoms with E-state index in [1.165, 1.54) is 28.9 Å². The van der Waals surface area contributed by atoms with E-state index in [0.29, 0.717) is 11.4 Å². The van der Waals surface area contributed by atoms with E-state index >= 15 is 0 Å². The lowest BCUT2D eigenvalue weighted by Crippen LogP contribution is -2.19. The highest BCUT2D eigenvalue weighted by molar-refractivity contribution is 5.92. The van der Waals surface area contributed by atoms with Gasteiger partial charge in [0.2, 0.25) is 5.91 Å². The van der Waals surface area contributed by atoms with E-state index in [2.05, 4.69) is 15.6 Å². The van der Waals surface area contributed by atoms with Crippen LogP contribution in [-0.2, 0) is 17.9 Å². The molecule has 0 saturated heterocycles. The Hall–Kier alpha value is -2.74. The van der Waals surface area contributed by atoms with Crippen LogP contribution in [0.2, 0.25) is 0 Å². The van der Waals surface area contributed by atoms with E-state index in [9.17, 15) is 9.59 Å². The predicted molar refractivity (Wildman–Crippen MR) is 69.9 cm³/mol. The molecule has 0 unspecified atom stereocenters. The SMILES string of the molecule is NCc1cn(CC(=O)Nc2ccc(C(=O)O)cc2)nn1. The van der Waals surface area contributed by atoms with Crippen molar-refractivity contribution in [3.05, 3.63) is 41.7 Å². The lowest BCUT2D eigenvalue weighted by molar-refractivity contribution is -0.116. The molecule has 8 nitrogen and oxygen atoms in total. The van der Waals surface area contributed by atoms with E-state index in [1.54, 1.807) is 6.20 Å². The smallest absolute Gasteiger partial charge is 0.335 e. The molecule has 2 rings (SSSR count). The summed E-state index contributed by atoms with van der Waals surface area (Å²) in [5.74, 6) is -1.30. The van der Waals surface area contributed by atoms with Crippen LogP contribution in [0.25, 0.3) is 0 Å². The van der Waals surface area contributed by atoms with Crippen molar-refractivity contribution in [2.45, 2.75) is 13.1 Å². The van der Waals surface area contributed by atoms with Gasteiger partial charge in [0.25, 0.3) is 0 Å². The number of hydrogen-bond acceptors (Lipinski definition) is 5. The molecule has 0 bridgehead atoms. The minimum absolute atomic E-state index is 0.00762. The highest BCUT2D eigenvalue weighted by Crippen LogP contribution is 2.09. The van der Waals surface area contributed by atoms with Gasteiger partial charge in [0, 0.05) is 12.2 Å². The van der Waals surface area contributed by atoms with Crippen molar-refractivity contribution in [1.82, 2.24) is 15.0 Å². The van der Waals surface area contributed by atoms with Crippen LogP contribution in [0, 0.1) is 0 Å². The number of nitrogens with zero attached hydrogens (tertiary/aromatic N) is 3. The Morgan fingerprint density at radius 1 is 1.30 bits per heavy atom. The Labute approximate surface area is 114 Å². The van der Waals surface area contributed by atoms with Gasteiger partial charge in [-0.1, -0.05) is 5.21 Å². The van der Waals surface area contributed by atoms with Crippen molar-refractivity contribution >= 4 is 17.6 Å². The Balaban J connectivity index is 1.95. The number of aromatic nitrogens is 3. The number of nitrogens with two attached hydrogens (primary N) is 1. The topological polar surface area (TPSA) is 123 Å². The number of carbonyl (C=O) groups excluding carboxylic acids is 1. The summed E-state index contributed by atoms with van der Waals surface area (Å²) >= 11 is 0. The van der Waals surface area contributed by atoms with Gasteiger partial charge >= 0.3 is 5.97 Å². The molecule has 0 aliphatic heterocycles. The molecule has 0 radical (unpaired) electrons. The Morgan fingerprint density at radius 3 is 2.55 bits per heavy atom. The third-order valence-corrected chi connectivity index (χ3v) is 2.52. The Kier molecular flexibility index (Phi) is 4.06. The molecular formula is C12H13N5O3. The van der Waals surface area contributed by atoms with Gasteiger partial charge in [0.15, 0.2) is 0 Å². The van der Waals surface area contributed by atoms with Crippen LogP contribution in [-0.4, -0.2) is 32.0 Å². The van der Waals surface area contributed by atoms with Gasteiger partial charge in [-0.25, -0.2) is 9.48 Å². The zero-order valence-corrected chi connectivity index (χ0v) is 10.5. The maximum Gasteiger partial charge on any atom is 0.335 e. The number of hydrogen-bond donors (Lipinski definition) is 3. The first-order valence-electron chi connectivity index (χ1n) is 5.81. The van der Waals surface area contributed by atoms with Crippen molar-refractivity contribution in [2.75, 3.05) is 5.32 Å². The van der Waals surface area contributed by atoms with Crippen molar-refractivity contribution < 1.29 is 14.7 Å². The lowest BCUT2D eigenvalue weighted by atomic mass is 10.2. The van der Waals surface area contributed by atoms with Crippen molar-refractivity contribution in [3.63, 3.8) is 0 Å². The van der Waals surface area contributed by atoms with Crippen molar-refractivity contribution in [2.24, 2.45) is 5.73 Å². The fraction of sp³-hybridized carbons (Fsp3) is 0.167. The number of amides is 1. The number of nitrogens with one attached hydrogen (secondary N) is 1. The monoisotopic (exact) mass is 275 g/mol. The molecule has 0 saturated carbocycles. The molecule has 1 aromatic heterocycles. The number of carbonyl (C=O) groups is 2. The van der Waals surface area contributed by atoms with E-state index < -0.39 is 5.97 Å². The fourth-order valence-corrected chi connectivity index (χ4v) is 1.55. The van der Waals surface area contributed by atoms with Crippen molar-refractivity contribution in [3.8, 4) is 0 Å². The molecular weight excluding hydrogens is 262 g/mol. The summed E-state index contributed by atoms with van der Waals surface area (Å²) in [6.07, 6.45) is 1.59. The second-order valence-electron chi connectivity index (χ2n) is 4.04. The predicted octanol–water partition coefficient (Wildman–Crippen LogP) is 0.0737. The summed E-state index contributed by atoms with van der Waals surface area (Å²) < 4.78 is 1.38. The molecule has 0 aliphatic carbocycles. The number of benzene rings is 1. The molecule has 20 heavy (non-hydrogen) atoms. The summed E-state index contributed by atoms with van der Waals surface area (Å²) in [4.78, 5) is 22.4. The second kappa shape index (κ2) is 5.93. The van der Waals surface area contributed by atoms with Gasteiger partial charge in [0.1, 0.15) is 6.54 Å². The molecule has 0 spiro atoms. The maximum atomic E-state index is 11.8. The van der Waals surface area contributed by atoms with Crippen LogP contribution in [0.4, 0.5) is 5.69 Å². The van der Waals surface area contributed by atoms with Crippen molar-refractivity contribution in [1.29, 1.82) is 0 Å². The van der Waals surface area contributed by atoms with E-state index in [-0.39, 0.29) is 24.6 Å². The fourth-order valence-electron chi connectivity index (χ4n) is 1.55. The zero-order valence-electron chi connectivity index (χ0n) is 10.5. The van der Waals surface area contributed by atoms with E-state index in [0.717, 1.165) is 0 Å². The lowest BCUT2D eigenvalue weighted by Gasteiger charge is -2.05. The number of carboxylic acid groups (broad SMARTS) is 1. The van der Waals surface area contributed by atoms with Crippen LogP contribution in [0.5, 0.6) is 0 Å². The minimum atomic E-state index is -1.01. The summed E-state index contributed by atoms with van der Waals surface area (Å²) in [7, 11) is 0. The van der Waals surface area contributed by atoms with Gasteiger partial charge in [-0.15, -0.1) is 5.10 Å². The first-order chi connectivity index (χ1) is 9.58. The van der Waals surface area contributed by atoms with Crippen LogP contribution in [0.3, 0.4) is 0 Å². The molecule has 1 amide bonds. The standard InChI is InChI=1S/C12H13N5O3/c13-5-10-6-17(16-15-10)7-11(18)14-9-3-1-8(2-4-9)12(19)20/h1-4,6H,5,7,13H2,(H,14,18)(H,19,20). The summed E-state index contributed by atoms with van der Waals surface area (Å²) in [5.41, 5.74) is 6.66. The highest BCUT2D eigenvalue weighted by Gasteiger charge is 2.07. The Morgan fingerprint density at radius 2 is 2.00 bits per heavy atom. The molecule has 2 aromatic rings. The molecule has 8 heteroatoms. The van der Waals surface area contributed by atoms with Crippen LogP contribution in [0.1, 0.15) is 16.1 Å². The molecule has 0 fully saturated rings. The molecule has 1 heterocycles. The van der Waals surface area contributed by atoms with E-state index in [4.69, 9.17) is 10.8 Å². The van der Waals surface area contributed by atoms with Gasteiger partial charge < -0.3 is 16.2 Å². The average Bonchev–Trinajstić information content (AvgIpc) is 2.86. The summed E-state index contributed by atoms with van der Waals surface area (Å²) in [6, 6.07) is 5.88. The second-order valence-corrected chi connectivity index (χ2v) is 4.04. The number of carboxylic acids is 1. The van der Waals surface area contributed by atoms with E-state index in [1.807, 2.05) is 0 Å². The first-order valence-corrected chi connectivity index (χ1v) is 5.81. The number of anilines is 1. The van der Waals surface area contributed by atoms with Crippen LogP contribution >= 0.6 is 0 Å². The van der Waals surface area contributed by atoms with Gasteiger partial charge in [0.05, 0.1) is 17.5 Å². The number of aromatic carboxylic acids is 1. The molecule has 104 valence electrons. The molecule has 0 atom stereocenters. The normalized spacial score (nSPS) is 10.2. The molecule has 4 N–H and O–H groups in total. The average molecular weight is 275 g/mol. The quantitative estimate of drug-likeness (QED) is 0.709. The van der Waals surface area contributed by atoms with Gasteiger partial charge in [-0.2, -0.15) is 0 Å². The third kappa shape index (κ3) is 3.39. The van der Waals surface area contributed by atoms with Gasteiger partial charge in [-0.05, 0) is 24.3 Å². The largest absolute Gasteiger partial charge is 0.478 e. The van der Waals surface area contributed by atoms with Crippen LogP contribution in [0.15, 0.2) is 30.5 Å². The summed E-state index contributed by atoms with van der Waals surface area (Å²) in [5, 5.41) is 18.9. The molecule has 0 aliphatic rings. The maximum absolute atomic E-state index is 11.8. The third-order valence-electron chi connectivity index (χ3n) is 2.52. The van der Waals surface area contributed by atoms with Crippen LogP contribution < -0.4 is 11.1 Å². The van der Waals surface area contributed by atoms with Gasteiger partial charge in [-0.3, -0.25) is 4.79 Å². The zero-order chi connectivity index (χ0) is 14.5. The molecule has 1 aromatic carbocycles. The first kappa shape index (κ1) is 13.7.